The molecule has 0 bridgehead atoms. The van der Waals surface area contributed by atoms with Crippen molar-refractivity contribution in [2.45, 2.75) is 6.18 Å². The molecule has 0 aliphatic rings. The van der Waals surface area contributed by atoms with Crippen molar-refractivity contribution in [1.82, 2.24) is 15.2 Å². The molecule has 0 radical (unpaired) electrons. The summed E-state index contributed by atoms with van der Waals surface area (Å²) in [4.78, 5) is 15.5. The highest BCUT2D eigenvalue weighted by molar-refractivity contribution is 7.15. The van der Waals surface area contributed by atoms with E-state index in [4.69, 9.17) is 0 Å². The van der Waals surface area contributed by atoms with Crippen molar-refractivity contribution in [2.24, 2.45) is 0 Å². The Bertz CT molecular complexity index is 847. The predicted octanol–water partition coefficient (Wildman–Crippen LogP) is 3.87. The van der Waals surface area contributed by atoms with Gasteiger partial charge in [0.15, 0.2) is 5.82 Å². The maximum absolute atomic E-state index is 12.6. The smallest absolute Gasteiger partial charge is 0.304 e. The Labute approximate surface area is 138 Å². The van der Waals surface area contributed by atoms with E-state index in [1.54, 1.807) is 18.2 Å². The molecule has 122 valence electrons. The molecule has 0 aliphatic carbocycles. The Morgan fingerprint density at radius 1 is 1.04 bits per heavy atom. The monoisotopic (exact) mass is 350 g/mol. The summed E-state index contributed by atoms with van der Waals surface area (Å²) in [6.07, 6.45) is -2.90. The Balaban J connectivity index is 1.74. The molecule has 3 heterocycles. The molecule has 24 heavy (non-hydrogen) atoms. The Kier molecular flexibility index (Phi) is 4.26. The molecule has 0 unspecified atom stereocenters. The molecule has 0 aliphatic heterocycles. The first-order valence-electron chi connectivity index (χ1n) is 6.67. The van der Waals surface area contributed by atoms with E-state index in [-0.39, 0.29) is 11.5 Å². The van der Waals surface area contributed by atoms with Crippen molar-refractivity contribution in [2.75, 3.05) is 5.32 Å². The van der Waals surface area contributed by atoms with Crippen LogP contribution in [0.25, 0.3) is 10.6 Å². The fraction of sp³-hybridized carbons (Fsp3) is 0.0667. The van der Waals surface area contributed by atoms with Gasteiger partial charge >= 0.3 is 6.18 Å². The first kappa shape index (κ1) is 16.1. The quantitative estimate of drug-likeness (QED) is 0.779. The van der Waals surface area contributed by atoms with Gasteiger partial charge in [0.1, 0.15) is 16.3 Å². The van der Waals surface area contributed by atoms with E-state index in [9.17, 15) is 18.0 Å². The molecule has 0 aromatic carbocycles. The number of amides is 1. The van der Waals surface area contributed by atoms with Crippen molar-refractivity contribution in [3.63, 3.8) is 0 Å². The summed E-state index contributed by atoms with van der Waals surface area (Å²) < 4.78 is 37.8. The van der Waals surface area contributed by atoms with E-state index in [1.165, 1.54) is 24.4 Å². The molecule has 0 saturated carbocycles. The first-order valence-corrected chi connectivity index (χ1v) is 7.48. The molecular weight excluding hydrogens is 341 g/mol. The SMILES string of the molecule is O=C(Nc1ccc(-c2ccc(C(F)(F)F)s2)nn1)c1ccccn1. The number of carbonyl (C=O) groups is 1. The zero-order valence-electron chi connectivity index (χ0n) is 11.9. The average Bonchev–Trinajstić information content (AvgIpc) is 3.07. The highest BCUT2D eigenvalue weighted by Gasteiger charge is 2.32. The van der Waals surface area contributed by atoms with Gasteiger partial charge in [-0.15, -0.1) is 21.5 Å². The van der Waals surface area contributed by atoms with Crippen LogP contribution < -0.4 is 5.32 Å². The number of rotatable bonds is 3. The number of alkyl halides is 3. The maximum atomic E-state index is 12.6. The van der Waals surface area contributed by atoms with Crippen molar-refractivity contribution < 1.29 is 18.0 Å². The molecular formula is C15H9F3N4OS. The van der Waals surface area contributed by atoms with Gasteiger partial charge < -0.3 is 5.32 Å². The summed E-state index contributed by atoms with van der Waals surface area (Å²) in [5.41, 5.74) is 0.516. The van der Waals surface area contributed by atoms with E-state index in [0.29, 0.717) is 21.9 Å². The topological polar surface area (TPSA) is 67.8 Å². The molecule has 0 atom stereocenters. The second-order valence-electron chi connectivity index (χ2n) is 4.63. The molecule has 5 nitrogen and oxygen atoms in total. The van der Waals surface area contributed by atoms with Crippen molar-refractivity contribution >= 4 is 23.1 Å². The minimum Gasteiger partial charge on any atom is -0.304 e. The summed E-state index contributed by atoms with van der Waals surface area (Å²) in [7, 11) is 0. The molecule has 3 rings (SSSR count). The van der Waals surface area contributed by atoms with Gasteiger partial charge in [0, 0.05) is 6.20 Å². The summed E-state index contributed by atoms with van der Waals surface area (Å²) >= 11 is 0.585. The zero-order valence-corrected chi connectivity index (χ0v) is 12.7. The molecule has 1 N–H and O–H groups in total. The lowest BCUT2D eigenvalue weighted by Crippen LogP contribution is -2.14. The standard InChI is InChI=1S/C15H9F3N4OS/c16-15(17,18)12-6-5-11(24-12)9-4-7-13(22-21-9)20-14(23)10-3-1-2-8-19-10/h1-8H,(H,20,22,23). The van der Waals surface area contributed by atoms with Gasteiger partial charge in [-0.3, -0.25) is 9.78 Å². The van der Waals surface area contributed by atoms with Crippen LogP contribution in [0.1, 0.15) is 15.4 Å². The highest BCUT2D eigenvalue weighted by Crippen LogP contribution is 2.37. The van der Waals surface area contributed by atoms with E-state index in [2.05, 4.69) is 20.5 Å². The van der Waals surface area contributed by atoms with E-state index in [1.807, 2.05) is 0 Å². The molecule has 3 aromatic rings. The van der Waals surface area contributed by atoms with Crippen molar-refractivity contribution in [1.29, 1.82) is 0 Å². The fourth-order valence-corrected chi connectivity index (χ4v) is 2.67. The molecule has 0 spiro atoms. The Hall–Kier alpha value is -2.81. The molecule has 1 amide bonds. The van der Waals surface area contributed by atoms with Gasteiger partial charge in [0.05, 0.1) is 4.88 Å². The Morgan fingerprint density at radius 2 is 1.88 bits per heavy atom. The van der Waals surface area contributed by atoms with Gasteiger partial charge in [0.2, 0.25) is 0 Å². The van der Waals surface area contributed by atoms with Crippen LogP contribution in [-0.2, 0) is 6.18 Å². The fourth-order valence-electron chi connectivity index (χ4n) is 1.84. The maximum Gasteiger partial charge on any atom is 0.425 e. The number of hydrogen-bond acceptors (Lipinski definition) is 5. The number of nitrogens with one attached hydrogen (secondary N) is 1. The predicted molar refractivity (Wildman–Crippen MR) is 82.5 cm³/mol. The van der Waals surface area contributed by atoms with Crippen LogP contribution in [-0.4, -0.2) is 21.1 Å². The summed E-state index contributed by atoms with van der Waals surface area (Å²) in [6.45, 7) is 0. The number of anilines is 1. The minimum absolute atomic E-state index is 0.182. The van der Waals surface area contributed by atoms with E-state index in [0.717, 1.165) is 6.07 Å². The number of thiophene rings is 1. The van der Waals surface area contributed by atoms with Crippen LogP contribution in [0.15, 0.2) is 48.7 Å². The van der Waals surface area contributed by atoms with Gasteiger partial charge in [0.25, 0.3) is 5.91 Å². The lowest BCUT2D eigenvalue weighted by Gasteiger charge is -2.04. The van der Waals surface area contributed by atoms with E-state index < -0.39 is 17.0 Å². The molecule has 9 heteroatoms. The largest absolute Gasteiger partial charge is 0.425 e. The van der Waals surface area contributed by atoms with Crippen LogP contribution in [0.3, 0.4) is 0 Å². The summed E-state index contributed by atoms with van der Waals surface area (Å²) in [5.74, 6) is -0.268. The summed E-state index contributed by atoms with van der Waals surface area (Å²) in [5, 5.41) is 10.2. The molecule has 3 aromatic heterocycles. The van der Waals surface area contributed by atoms with Gasteiger partial charge in [-0.25, -0.2) is 0 Å². The van der Waals surface area contributed by atoms with Crippen LogP contribution in [0.4, 0.5) is 19.0 Å². The lowest BCUT2D eigenvalue weighted by molar-refractivity contribution is -0.134. The second kappa shape index (κ2) is 6.36. The highest BCUT2D eigenvalue weighted by atomic mass is 32.1. The lowest BCUT2D eigenvalue weighted by atomic mass is 10.3. The third-order valence-corrected chi connectivity index (χ3v) is 4.09. The number of carbonyl (C=O) groups excluding carboxylic acids is 1. The van der Waals surface area contributed by atoms with Crippen LogP contribution >= 0.6 is 11.3 Å². The minimum atomic E-state index is -4.38. The molecule has 0 fully saturated rings. The van der Waals surface area contributed by atoms with Crippen LogP contribution in [0.2, 0.25) is 0 Å². The third-order valence-electron chi connectivity index (χ3n) is 2.94. The number of halogens is 3. The number of aromatic nitrogens is 3. The summed E-state index contributed by atoms with van der Waals surface area (Å²) in [6, 6.07) is 10.2. The second-order valence-corrected chi connectivity index (χ2v) is 5.72. The van der Waals surface area contributed by atoms with Gasteiger partial charge in [-0.05, 0) is 36.4 Å². The van der Waals surface area contributed by atoms with Crippen LogP contribution in [0.5, 0.6) is 0 Å². The van der Waals surface area contributed by atoms with Crippen LogP contribution in [0, 0.1) is 0 Å². The zero-order chi connectivity index (χ0) is 17.2. The number of hydrogen-bond donors (Lipinski definition) is 1. The van der Waals surface area contributed by atoms with Crippen molar-refractivity contribution in [3.05, 3.63) is 59.2 Å². The first-order chi connectivity index (χ1) is 11.4. The third kappa shape index (κ3) is 3.57. The van der Waals surface area contributed by atoms with Gasteiger partial charge in [-0.2, -0.15) is 13.2 Å². The average molecular weight is 350 g/mol. The van der Waals surface area contributed by atoms with Crippen molar-refractivity contribution in [3.8, 4) is 10.6 Å². The molecule has 0 saturated heterocycles. The Morgan fingerprint density at radius 3 is 2.46 bits per heavy atom. The number of pyridine rings is 1. The van der Waals surface area contributed by atoms with E-state index >= 15 is 0 Å². The normalized spacial score (nSPS) is 11.3. The number of nitrogens with zero attached hydrogens (tertiary/aromatic N) is 3. The van der Waals surface area contributed by atoms with Gasteiger partial charge in [-0.1, -0.05) is 6.07 Å².